The van der Waals surface area contributed by atoms with Crippen molar-refractivity contribution >= 4 is 11.7 Å². The molecule has 0 radical (unpaired) electrons. The van der Waals surface area contributed by atoms with Gasteiger partial charge in [0, 0.05) is 24.9 Å². The molecule has 2 rings (SSSR count). The number of hydrogen-bond donors (Lipinski definition) is 2. The smallest absolute Gasteiger partial charge is 0.257 e. The molecule has 17 heavy (non-hydrogen) atoms. The first-order valence-corrected chi connectivity index (χ1v) is 5.17. The quantitative estimate of drug-likeness (QED) is 0.826. The van der Waals surface area contributed by atoms with E-state index < -0.39 is 0 Å². The van der Waals surface area contributed by atoms with E-state index in [9.17, 15) is 9.90 Å². The molecule has 5 nitrogen and oxygen atoms in total. The number of nitrogens with zero attached hydrogens (tertiary/aromatic N) is 2. The highest BCUT2D eigenvalue weighted by atomic mass is 16.3. The van der Waals surface area contributed by atoms with E-state index >= 15 is 0 Å². The van der Waals surface area contributed by atoms with Gasteiger partial charge in [-0.2, -0.15) is 5.10 Å². The average Bonchev–Trinajstić information content (AvgIpc) is 2.63. The highest BCUT2D eigenvalue weighted by molar-refractivity contribution is 6.04. The minimum atomic E-state index is -0.235. The van der Waals surface area contributed by atoms with Crippen LogP contribution in [-0.2, 0) is 7.05 Å². The average molecular weight is 231 g/mol. The normalized spacial score (nSPS) is 10.2. The van der Waals surface area contributed by atoms with Crippen molar-refractivity contribution in [2.24, 2.45) is 7.05 Å². The number of aromatic nitrogens is 2. The van der Waals surface area contributed by atoms with Gasteiger partial charge >= 0.3 is 0 Å². The molecule has 0 saturated heterocycles. The SMILES string of the molecule is Cc1cc(O)ccc1C(=O)Nc1ccn(C)n1. The number of rotatable bonds is 2. The summed E-state index contributed by atoms with van der Waals surface area (Å²) in [4.78, 5) is 11.9. The molecule has 2 N–H and O–H groups in total. The number of benzene rings is 1. The van der Waals surface area contributed by atoms with Gasteiger partial charge in [-0.15, -0.1) is 0 Å². The van der Waals surface area contributed by atoms with Crippen LogP contribution in [0.4, 0.5) is 5.82 Å². The Kier molecular flexibility index (Phi) is 2.82. The fourth-order valence-electron chi connectivity index (χ4n) is 1.57. The third kappa shape index (κ3) is 2.44. The minimum Gasteiger partial charge on any atom is -0.508 e. The van der Waals surface area contributed by atoms with Crippen LogP contribution in [-0.4, -0.2) is 20.8 Å². The zero-order valence-electron chi connectivity index (χ0n) is 9.64. The van der Waals surface area contributed by atoms with Crippen LogP contribution < -0.4 is 5.32 Å². The number of carbonyl (C=O) groups is 1. The standard InChI is InChI=1S/C12H13N3O2/c1-8-7-9(16)3-4-10(8)12(17)13-11-5-6-15(2)14-11/h3-7,16H,1-2H3,(H,13,14,17). The van der Waals surface area contributed by atoms with Crippen LogP contribution in [0.2, 0.25) is 0 Å². The maximum atomic E-state index is 11.9. The lowest BCUT2D eigenvalue weighted by atomic mass is 10.1. The minimum absolute atomic E-state index is 0.150. The van der Waals surface area contributed by atoms with Crippen molar-refractivity contribution in [3.05, 3.63) is 41.6 Å². The molecule has 1 amide bonds. The molecule has 0 unspecified atom stereocenters. The molecule has 88 valence electrons. The predicted octanol–water partition coefficient (Wildman–Crippen LogP) is 1.69. The Hall–Kier alpha value is -2.30. The van der Waals surface area contributed by atoms with Gasteiger partial charge in [0.15, 0.2) is 5.82 Å². The second-order valence-electron chi connectivity index (χ2n) is 3.83. The summed E-state index contributed by atoms with van der Waals surface area (Å²) in [6.07, 6.45) is 1.75. The van der Waals surface area contributed by atoms with E-state index in [-0.39, 0.29) is 11.7 Å². The van der Waals surface area contributed by atoms with E-state index in [4.69, 9.17) is 0 Å². The van der Waals surface area contributed by atoms with Gasteiger partial charge in [-0.05, 0) is 30.7 Å². The molecule has 0 aliphatic rings. The molecule has 0 fully saturated rings. The molecule has 2 aromatic rings. The summed E-state index contributed by atoms with van der Waals surface area (Å²) in [5, 5.41) is 16.0. The Bertz CT molecular complexity index is 561. The Morgan fingerprint density at radius 3 is 2.76 bits per heavy atom. The van der Waals surface area contributed by atoms with Crippen molar-refractivity contribution in [1.82, 2.24) is 9.78 Å². The molecule has 0 atom stereocenters. The second-order valence-corrected chi connectivity index (χ2v) is 3.83. The third-order valence-electron chi connectivity index (χ3n) is 2.41. The molecule has 1 aromatic carbocycles. The number of amides is 1. The van der Waals surface area contributed by atoms with Crippen LogP contribution in [0.1, 0.15) is 15.9 Å². The largest absolute Gasteiger partial charge is 0.508 e. The summed E-state index contributed by atoms with van der Waals surface area (Å²) in [6.45, 7) is 1.77. The molecule has 0 aliphatic carbocycles. The summed E-state index contributed by atoms with van der Waals surface area (Å²) >= 11 is 0. The monoisotopic (exact) mass is 231 g/mol. The molecule has 0 aliphatic heterocycles. The van der Waals surface area contributed by atoms with E-state index in [1.165, 1.54) is 6.07 Å². The number of hydrogen-bond acceptors (Lipinski definition) is 3. The molecular formula is C12H13N3O2. The first-order chi connectivity index (χ1) is 8.06. The van der Waals surface area contributed by atoms with Gasteiger partial charge in [0.1, 0.15) is 5.75 Å². The molecule has 0 spiro atoms. The van der Waals surface area contributed by atoms with Gasteiger partial charge in [-0.1, -0.05) is 0 Å². The van der Waals surface area contributed by atoms with Gasteiger partial charge in [0.25, 0.3) is 5.91 Å². The Balaban J connectivity index is 2.20. The van der Waals surface area contributed by atoms with E-state index in [1.807, 2.05) is 0 Å². The summed E-state index contributed by atoms with van der Waals surface area (Å²) < 4.78 is 1.61. The van der Waals surface area contributed by atoms with E-state index in [0.29, 0.717) is 11.4 Å². The molecule has 0 bridgehead atoms. The van der Waals surface area contributed by atoms with Gasteiger partial charge < -0.3 is 10.4 Å². The Morgan fingerprint density at radius 1 is 1.41 bits per heavy atom. The van der Waals surface area contributed by atoms with Crippen molar-refractivity contribution in [2.45, 2.75) is 6.92 Å². The van der Waals surface area contributed by atoms with Crippen molar-refractivity contribution in [3.63, 3.8) is 0 Å². The lowest BCUT2D eigenvalue weighted by molar-refractivity contribution is 0.102. The van der Waals surface area contributed by atoms with Crippen LogP contribution in [0.5, 0.6) is 5.75 Å². The predicted molar refractivity (Wildman–Crippen MR) is 64.0 cm³/mol. The number of carbonyl (C=O) groups excluding carboxylic acids is 1. The molecular weight excluding hydrogens is 218 g/mol. The summed E-state index contributed by atoms with van der Waals surface area (Å²) in [7, 11) is 1.78. The zero-order chi connectivity index (χ0) is 12.4. The molecule has 1 heterocycles. The lowest BCUT2D eigenvalue weighted by Crippen LogP contribution is -2.13. The Labute approximate surface area is 98.7 Å². The van der Waals surface area contributed by atoms with Crippen LogP contribution in [0.3, 0.4) is 0 Å². The second kappa shape index (κ2) is 4.29. The maximum absolute atomic E-state index is 11.9. The Morgan fingerprint density at radius 2 is 2.18 bits per heavy atom. The van der Waals surface area contributed by atoms with Gasteiger partial charge in [-0.3, -0.25) is 9.48 Å². The van der Waals surface area contributed by atoms with Crippen LogP contribution >= 0.6 is 0 Å². The molecule has 0 saturated carbocycles. The van der Waals surface area contributed by atoms with Gasteiger partial charge in [0.05, 0.1) is 0 Å². The van der Waals surface area contributed by atoms with Crippen LogP contribution in [0.15, 0.2) is 30.5 Å². The number of anilines is 1. The topological polar surface area (TPSA) is 67.2 Å². The highest BCUT2D eigenvalue weighted by Gasteiger charge is 2.10. The number of phenols is 1. The van der Waals surface area contributed by atoms with Crippen molar-refractivity contribution in [1.29, 1.82) is 0 Å². The number of aryl methyl sites for hydroxylation is 2. The van der Waals surface area contributed by atoms with Crippen LogP contribution in [0, 0.1) is 6.92 Å². The van der Waals surface area contributed by atoms with Gasteiger partial charge in [-0.25, -0.2) is 0 Å². The summed E-state index contributed by atoms with van der Waals surface area (Å²) in [5.41, 5.74) is 1.24. The first-order valence-electron chi connectivity index (χ1n) is 5.17. The van der Waals surface area contributed by atoms with E-state index in [0.717, 1.165) is 5.56 Å². The highest BCUT2D eigenvalue weighted by Crippen LogP contribution is 2.16. The number of aromatic hydroxyl groups is 1. The number of nitrogens with one attached hydrogen (secondary N) is 1. The number of phenolic OH excluding ortho intramolecular Hbond substituents is 1. The van der Waals surface area contributed by atoms with Crippen molar-refractivity contribution < 1.29 is 9.90 Å². The fourth-order valence-corrected chi connectivity index (χ4v) is 1.57. The maximum Gasteiger partial charge on any atom is 0.257 e. The molecule has 1 aromatic heterocycles. The van der Waals surface area contributed by atoms with Crippen molar-refractivity contribution in [2.75, 3.05) is 5.32 Å². The molecule has 5 heteroatoms. The zero-order valence-corrected chi connectivity index (χ0v) is 9.64. The van der Waals surface area contributed by atoms with E-state index in [1.54, 1.807) is 43.0 Å². The van der Waals surface area contributed by atoms with Crippen LogP contribution in [0.25, 0.3) is 0 Å². The summed E-state index contributed by atoms with van der Waals surface area (Å²) in [6, 6.07) is 6.34. The van der Waals surface area contributed by atoms with Crippen molar-refractivity contribution in [3.8, 4) is 5.75 Å². The lowest BCUT2D eigenvalue weighted by Gasteiger charge is -2.05. The van der Waals surface area contributed by atoms with E-state index in [2.05, 4.69) is 10.4 Å². The third-order valence-corrected chi connectivity index (χ3v) is 2.41. The summed E-state index contributed by atoms with van der Waals surface area (Å²) in [5.74, 6) is 0.420. The first kappa shape index (κ1) is 11.2. The van der Waals surface area contributed by atoms with Gasteiger partial charge in [0.2, 0.25) is 0 Å². The fraction of sp³-hybridized carbons (Fsp3) is 0.167.